The predicted molar refractivity (Wildman–Crippen MR) is 126 cm³/mol. The normalized spacial score (nSPS) is 11.5. The van der Waals surface area contributed by atoms with E-state index in [9.17, 15) is 27.2 Å². The molecule has 0 bridgehead atoms. The Morgan fingerprint density at radius 1 is 1.00 bits per heavy atom. The SMILES string of the molecule is CC(=O)Nc1ccc2nc(C(F)(F)F)cc(C(=O)Nc3c(C)nn(Cc4ccc(F)cc4)c3C)c2c1. The van der Waals surface area contributed by atoms with Gasteiger partial charge in [-0.2, -0.15) is 18.3 Å². The first-order chi connectivity index (χ1) is 16.9. The fourth-order valence-corrected chi connectivity index (χ4v) is 3.82. The minimum absolute atomic E-state index is 0.0514. The van der Waals surface area contributed by atoms with E-state index >= 15 is 0 Å². The van der Waals surface area contributed by atoms with Crippen molar-refractivity contribution in [3.63, 3.8) is 0 Å². The van der Waals surface area contributed by atoms with E-state index in [0.717, 1.165) is 5.56 Å². The Morgan fingerprint density at radius 3 is 2.33 bits per heavy atom. The highest BCUT2D eigenvalue weighted by molar-refractivity contribution is 6.13. The molecule has 2 N–H and O–H groups in total. The number of alkyl halides is 3. The number of nitrogens with zero attached hydrogens (tertiary/aromatic N) is 3. The zero-order chi connectivity index (χ0) is 26.2. The van der Waals surface area contributed by atoms with E-state index in [4.69, 9.17) is 0 Å². The first-order valence-electron chi connectivity index (χ1n) is 10.8. The average molecular weight is 499 g/mol. The summed E-state index contributed by atoms with van der Waals surface area (Å²) >= 11 is 0. The van der Waals surface area contributed by atoms with Crippen LogP contribution in [0.5, 0.6) is 0 Å². The molecule has 186 valence electrons. The number of benzene rings is 2. The Bertz CT molecular complexity index is 1480. The van der Waals surface area contributed by atoms with Gasteiger partial charge in [0.2, 0.25) is 5.91 Å². The van der Waals surface area contributed by atoms with Gasteiger partial charge in [0.1, 0.15) is 11.5 Å². The summed E-state index contributed by atoms with van der Waals surface area (Å²) in [6, 6.07) is 10.7. The van der Waals surface area contributed by atoms with Gasteiger partial charge in [-0.25, -0.2) is 9.37 Å². The number of pyridine rings is 1. The van der Waals surface area contributed by atoms with Crippen LogP contribution in [-0.4, -0.2) is 26.6 Å². The van der Waals surface area contributed by atoms with Crippen molar-refractivity contribution in [2.75, 3.05) is 10.6 Å². The third-order valence-corrected chi connectivity index (χ3v) is 5.53. The van der Waals surface area contributed by atoms with E-state index in [1.54, 1.807) is 30.7 Å². The fraction of sp³-hybridized carbons (Fsp3) is 0.200. The number of hydrogen-bond donors (Lipinski definition) is 2. The zero-order valence-electron chi connectivity index (χ0n) is 19.5. The molecular weight excluding hydrogens is 478 g/mol. The topological polar surface area (TPSA) is 88.9 Å². The number of carbonyl (C=O) groups excluding carboxylic acids is 2. The van der Waals surface area contributed by atoms with Gasteiger partial charge >= 0.3 is 6.18 Å². The van der Waals surface area contributed by atoms with Crippen molar-refractivity contribution < 1.29 is 27.2 Å². The van der Waals surface area contributed by atoms with E-state index < -0.39 is 17.8 Å². The maximum absolute atomic E-state index is 13.5. The Morgan fingerprint density at radius 2 is 1.69 bits per heavy atom. The van der Waals surface area contributed by atoms with Crippen molar-refractivity contribution >= 4 is 34.1 Å². The molecule has 36 heavy (non-hydrogen) atoms. The molecule has 0 aliphatic heterocycles. The molecule has 0 atom stereocenters. The largest absolute Gasteiger partial charge is 0.433 e. The van der Waals surface area contributed by atoms with Crippen molar-refractivity contribution in [2.24, 2.45) is 0 Å². The van der Waals surface area contributed by atoms with Crippen molar-refractivity contribution in [3.8, 4) is 0 Å². The molecule has 0 spiro atoms. The summed E-state index contributed by atoms with van der Waals surface area (Å²) < 4.78 is 55.4. The Kier molecular flexibility index (Phi) is 6.49. The molecule has 4 aromatic rings. The van der Waals surface area contributed by atoms with Crippen molar-refractivity contribution in [1.82, 2.24) is 14.8 Å². The van der Waals surface area contributed by atoms with Crippen LogP contribution >= 0.6 is 0 Å². The Balaban J connectivity index is 1.73. The van der Waals surface area contributed by atoms with E-state index in [1.807, 2.05) is 0 Å². The molecule has 2 heterocycles. The zero-order valence-corrected chi connectivity index (χ0v) is 19.5. The van der Waals surface area contributed by atoms with Crippen LogP contribution in [0.3, 0.4) is 0 Å². The molecule has 4 rings (SSSR count). The van der Waals surface area contributed by atoms with Gasteiger partial charge in [0, 0.05) is 18.0 Å². The summed E-state index contributed by atoms with van der Waals surface area (Å²) in [7, 11) is 0. The van der Waals surface area contributed by atoms with Gasteiger partial charge in [0.15, 0.2) is 0 Å². The maximum Gasteiger partial charge on any atom is 0.433 e. The number of halogens is 4. The molecule has 2 amide bonds. The molecule has 0 fully saturated rings. The number of aromatic nitrogens is 3. The molecule has 0 aliphatic rings. The van der Waals surface area contributed by atoms with E-state index in [1.165, 1.54) is 37.3 Å². The number of rotatable bonds is 5. The lowest BCUT2D eigenvalue weighted by Gasteiger charge is -2.13. The van der Waals surface area contributed by atoms with E-state index in [2.05, 4.69) is 20.7 Å². The second-order valence-electron chi connectivity index (χ2n) is 8.25. The fourth-order valence-electron chi connectivity index (χ4n) is 3.82. The van der Waals surface area contributed by atoms with Crippen molar-refractivity contribution in [1.29, 1.82) is 0 Å². The van der Waals surface area contributed by atoms with Crippen molar-refractivity contribution in [2.45, 2.75) is 33.5 Å². The molecular formula is C25H21F4N5O2. The van der Waals surface area contributed by atoms with Gasteiger partial charge in [-0.3, -0.25) is 14.3 Å². The monoisotopic (exact) mass is 499 g/mol. The molecule has 11 heteroatoms. The predicted octanol–water partition coefficient (Wildman–Crippen LogP) is 5.47. The van der Waals surface area contributed by atoms with Gasteiger partial charge < -0.3 is 10.6 Å². The summed E-state index contributed by atoms with van der Waals surface area (Å²) in [5.41, 5.74) is 0.931. The highest BCUT2D eigenvalue weighted by atomic mass is 19.4. The number of aryl methyl sites for hydroxylation is 1. The standard InChI is InChI=1S/C25H21F4N5O2/c1-13-23(14(2)34(33-13)12-16-4-6-17(26)7-5-16)32-24(36)20-11-22(25(27,28)29)31-21-9-8-18(10-19(20)21)30-15(3)35/h4-11H,12H2,1-3H3,(H,30,35)(H,32,36). The quantitative estimate of drug-likeness (QED) is 0.357. The minimum atomic E-state index is -4.77. The van der Waals surface area contributed by atoms with Gasteiger partial charge in [-0.05, 0) is 55.8 Å². The van der Waals surface area contributed by atoms with Crippen LogP contribution in [0.25, 0.3) is 10.9 Å². The van der Waals surface area contributed by atoms with Crippen molar-refractivity contribution in [3.05, 3.63) is 82.6 Å². The van der Waals surface area contributed by atoms with Gasteiger partial charge in [0.05, 0.1) is 34.7 Å². The third kappa shape index (κ3) is 5.19. The molecule has 0 saturated carbocycles. The van der Waals surface area contributed by atoms with Gasteiger partial charge in [-0.1, -0.05) is 12.1 Å². The second kappa shape index (κ2) is 9.40. The maximum atomic E-state index is 13.5. The molecule has 2 aromatic heterocycles. The molecule has 0 aliphatic carbocycles. The smallest absolute Gasteiger partial charge is 0.326 e. The Labute approximate surface area is 203 Å². The summed E-state index contributed by atoms with van der Waals surface area (Å²) in [5, 5.41) is 9.77. The summed E-state index contributed by atoms with van der Waals surface area (Å²) in [6.45, 7) is 4.96. The van der Waals surface area contributed by atoms with Crippen LogP contribution in [0.2, 0.25) is 0 Å². The average Bonchev–Trinajstić information content (AvgIpc) is 3.06. The molecule has 0 unspecified atom stereocenters. The third-order valence-electron chi connectivity index (χ3n) is 5.53. The second-order valence-corrected chi connectivity index (χ2v) is 8.25. The Hall–Kier alpha value is -4.28. The van der Waals surface area contributed by atoms with E-state index in [0.29, 0.717) is 35.4 Å². The van der Waals surface area contributed by atoms with E-state index in [-0.39, 0.29) is 28.2 Å². The lowest BCUT2D eigenvalue weighted by Crippen LogP contribution is -2.17. The number of amides is 2. The van der Waals surface area contributed by atoms with Gasteiger partial charge in [0.25, 0.3) is 5.91 Å². The highest BCUT2D eigenvalue weighted by Crippen LogP contribution is 2.32. The molecule has 2 aromatic carbocycles. The first kappa shape index (κ1) is 24.8. The lowest BCUT2D eigenvalue weighted by molar-refractivity contribution is -0.141. The van der Waals surface area contributed by atoms with Crippen LogP contribution in [-0.2, 0) is 17.5 Å². The van der Waals surface area contributed by atoms with Crippen LogP contribution in [0.4, 0.5) is 28.9 Å². The van der Waals surface area contributed by atoms with Crippen LogP contribution < -0.4 is 10.6 Å². The minimum Gasteiger partial charge on any atom is -0.326 e. The lowest BCUT2D eigenvalue weighted by atomic mass is 10.1. The number of hydrogen-bond acceptors (Lipinski definition) is 4. The highest BCUT2D eigenvalue weighted by Gasteiger charge is 2.34. The number of carbonyl (C=O) groups is 2. The first-order valence-corrected chi connectivity index (χ1v) is 10.8. The number of anilines is 2. The summed E-state index contributed by atoms with van der Waals surface area (Å²) in [5.74, 6) is -1.54. The molecule has 0 saturated heterocycles. The van der Waals surface area contributed by atoms with Crippen LogP contribution in [0.15, 0.2) is 48.5 Å². The molecule has 0 radical (unpaired) electrons. The van der Waals surface area contributed by atoms with Crippen LogP contribution in [0.1, 0.15) is 39.9 Å². The van der Waals surface area contributed by atoms with Crippen LogP contribution in [0, 0.1) is 19.7 Å². The number of nitrogens with one attached hydrogen (secondary N) is 2. The molecule has 7 nitrogen and oxygen atoms in total. The summed E-state index contributed by atoms with van der Waals surface area (Å²) in [6.07, 6.45) is -4.77. The summed E-state index contributed by atoms with van der Waals surface area (Å²) in [4.78, 5) is 28.4. The van der Waals surface area contributed by atoms with Gasteiger partial charge in [-0.15, -0.1) is 0 Å². The number of fused-ring (bicyclic) bond motifs is 1.